The average molecular weight is 426 g/mol. The van der Waals surface area contributed by atoms with Crippen LogP contribution >= 0.6 is 0 Å². The fourth-order valence-electron chi connectivity index (χ4n) is 4.66. The van der Waals surface area contributed by atoms with Gasteiger partial charge in [-0.25, -0.2) is 4.98 Å². The zero-order chi connectivity index (χ0) is 21.9. The average Bonchev–Trinajstić information content (AvgIpc) is 3.39. The minimum atomic E-state index is 0.0863. The molecule has 32 heavy (non-hydrogen) atoms. The largest absolute Gasteiger partial charge is 0.356 e. The van der Waals surface area contributed by atoms with Gasteiger partial charge < -0.3 is 9.80 Å². The number of carbonyl (C=O) groups excluding carboxylic acids is 1. The Hall–Kier alpha value is -3.43. The Morgan fingerprint density at radius 2 is 1.66 bits per heavy atom. The summed E-state index contributed by atoms with van der Waals surface area (Å²) >= 11 is 0. The molecule has 162 valence electrons. The molecule has 5 rings (SSSR count). The number of aromatic nitrogens is 1. The van der Waals surface area contributed by atoms with Gasteiger partial charge >= 0.3 is 0 Å². The number of fused-ring (bicyclic) bond motifs is 1. The maximum atomic E-state index is 13.6. The number of carbonyl (C=O) groups is 1. The maximum Gasteiger partial charge on any atom is 0.257 e. The number of hydrogen-bond donors (Lipinski definition) is 0. The molecule has 2 fully saturated rings. The lowest BCUT2D eigenvalue weighted by molar-refractivity contribution is 0.0629. The monoisotopic (exact) mass is 425 g/mol. The second-order valence-electron chi connectivity index (χ2n) is 8.62. The van der Waals surface area contributed by atoms with E-state index in [0.717, 1.165) is 67.8 Å². The van der Waals surface area contributed by atoms with Crippen molar-refractivity contribution in [3.8, 4) is 6.07 Å². The Morgan fingerprint density at radius 1 is 0.938 bits per heavy atom. The molecular formula is C26H27N5O. The molecule has 3 aromatic rings. The number of piperazine rings is 1. The molecule has 0 bridgehead atoms. The molecule has 1 amide bonds. The lowest BCUT2D eigenvalue weighted by Gasteiger charge is -2.35. The molecule has 1 aromatic heterocycles. The second-order valence-corrected chi connectivity index (χ2v) is 8.62. The Kier molecular flexibility index (Phi) is 5.74. The van der Waals surface area contributed by atoms with Crippen LogP contribution in [-0.4, -0.2) is 60.0 Å². The van der Waals surface area contributed by atoms with Gasteiger partial charge in [-0.1, -0.05) is 30.3 Å². The van der Waals surface area contributed by atoms with Gasteiger partial charge in [0, 0.05) is 51.2 Å². The highest BCUT2D eigenvalue weighted by Crippen LogP contribution is 2.28. The topological polar surface area (TPSA) is 63.5 Å². The van der Waals surface area contributed by atoms with Crippen molar-refractivity contribution in [2.45, 2.75) is 19.4 Å². The van der Waals surface area contributed by atoms with E-state index in [-0.39, 0.29) is 5.91 Å². The molecule has 0 atom stereocenters. The number of amides is 1. The van der Waals surface area contributed by atoms with E-state index in [1.165, 1.54) is 5.56 Å². The van der Waals surface area contributed by atoms with E-state index in [4.69, 9.17) is 10.2 Å². The molecule has 0 radical (unpaired) electrons. The van der Waals surface area contributed by atoms with Crippen LogP contribution in [0.15, 0.2) is 54.6 Å². The van der Waals surface area contributed by atoms with E-state index in [1.54, 1.807) is 0 Å². The number of nitrogens with zero attached hydrogens (tertiary/aromatic N) is 5. The summed E-state index contributed by atoms with van der Waals surface area (Å²) in [6.45, 7) is 5.86. The lowest BCUT2D eigenvalue weighted by atomic mass is 10.1. The predicted molar refractivity (Wildman–Crippen MR) is 126 cm³/mol. The van der Waals surface area contributed by atoms with Gasteiger partial charge in [0.2, 0.25) is 0 Å². The van der Waals surface area contributed by atoms with E-state index >= 15 is 0 Å². The number of pyridine rings is 1. The van der Waals surface area contributed by atoms with Gasteiger partial charge in [0.05, 0.1) is 22.7 Å². The molecular weight excluding hydrogens is 398 g/mol. The van der Waals surface area contributed by atoms with Gasteiger partial charge in [-0.15, -0.1) is 0 Å². The van der Waals surface area contributed by atoms with E-state index < -0.39 is 0 Å². The molecule has 6 nitrogen and oxygen atoms in total. The first-order valence-corrected chi connectivity index (χ1v) is 11.4. The van der Waals surface area contributed by atoms with Crippen LogP contribution < -0.4 is 4.90 Å². The standard InChI is InChI=1S/C26H27N5O/c27-18-20-7-9-21(10-8-20)19-29-13-15-31(16-14-29)26(32)23-17-22-5-1-2-6-24(22)28-25(23)30-11-3-4-12-30/h1-2,5-10,17H,3-4,11-16,19H2. The molecule has 0 N–H and O–H groups in total. The summed E-state index contributed by atoms with van der Waals surface area (Å²) in [5.74, 6) is 0.925. The zero-order valence-corrected chi connectivity index (χ0v) is 18.2. The third-order valence-corrected chi connectivity index (χ3v) is 6.49. The summed E-state index contributed by atoms with van der Waals surface area (Å²) in [5.41, 5.74) is 3.55. The predicted octanol–water partition coefficient (Wildman–Crippen LogP) is 3.66. The summed E-state index contributed by atoms with van der Waals surface area (Å²) in [7, 11) is 0. The number of nitriles is 1. The van der Waals surface area contributed by atoms with E-state index in [2.05, 4.69) is 15.9 Å². The number of anilines is 1. The van der Waals surface area contributed by atoms with Gasteiger partial charge in [0.15, 0.2) is 0 Å². The molecule has 6 heteroatoms. The van der Waals surface area contributed by atoms with E-state index in [1.807, 2.05) is 59.5 Å². The summed E-state index contributed by atoms with van der Waals surface area (Å²) in [4.78, 5) is 25.1. The smallest absolute Gasteiger partial charge is 0.257 e. The van der Waals surface area contributed by atoms with Crippen LogP contribution in [0, 0.1) is 11.3 Å². The molecule has 3 heterocycles. The normalized spacial score (nSPS) is 17.0. The van der Waals surface area contributed by atoms with E-state index in [9.17, 15) is 4.79 Å². The van der Waals surface area contributed by atoms with Crippen molar-refractivity contribution in [2.75, 3.05) is 44.2 Å². The molecule has 2 aromatic carbocycles. The summed E-state index contributed by atoms with van der Waals surface area (Å²) in [6.07, 6.45) is 2.30. The first kappa shape index (κ1) is 20.5. The first-order chi connectivity index (χ1) is 15.7. The van der Waals surface area contributed by atoms with Gasteiger partial charge in [-0.05, 0) is 42.7 Å². The molecule has 2 saturated heterocycles. The van der Waals surface area contributed by atoms with Crippen molar-refractivity contribution < 1.29 is 4.79 Å². The van der Waals surface area contributed by atoms with Crippen molar-refractivity contribution in [3.05, 3.63) is 71.3 Å². The third kappa shape index (κ3) is 4.17. The van der Waals surface area contributed by atoms with Crippen LogP contribution in [0.3, 0.4) is 0 Å². The van der Waals surface area contributed by atoms with Crippen LogP contribution in [0.1, 0.15) is 34.3 Å². The number of hydrogen-bond acceptors (Lipinski definition) is 5. The van der Waals surface area contributed by atoms with E-state index in [0.29, 0.717) is 18.7 Å². The zero-order valence-electron chi connectivity index (χ0n) is 18.2. The molecule has 2 aliphatic rings. The van der Waals surface area contributed by atoms with Crippen molar-refractivity contribution >= 4 is 22.6 Å². The highest BCUT2D eigenvalue weighted by Gasteiger charge is 2.27. The van der Waals surface area contributed by atoms with Crippen molar-refractivity contribution in [1.29, 1.82) is 5.26 Å². The molecule has 0 aliphatic carbocycles. The highest BCUT2D eigenvalue weighted by molar-refractivity contribution is 6.02. The highest BCUT2D eigenvalue weighted by atomic mass is 16.2. The minimum Gasteiger partial charge on any atom is -0.356 e. The third-order valence-electron chi connectivity index (χ3n) is 6.49. The van der Waals surface area contributed by atoms with Crippen molar-refractivity contribution in [3.63, 3.8) is 0 Å². The molecule has 0 spiro atoms. The van der Waals surface area contributed by atoms with Gasteiger partial charge in [0.25, 0.3) is 5.91 Å². The first-order valence-electron chi connectivity index (χ1n) is 11.4. The maximum absolute atomic E-state index is 13.6. The Balaban J connectivity index is 1.31. The number of para-hydroxylation sites is 1. The van der Waals surface area contributed by atoms with Crippen LogP contribution in [-0.2, 0) is 6.54 Å². The lowest BCUT2D eigenvalue weighted by Crippen LogP contribution is -2.48. The van der Waals surface area contributed by atoms with Gasteiger partial charge in [-0.3, -0.25) is 9.69 Å². The Morgan fingerprint density at radius 3 is 2.38 bits per heavy atom. The quantitative estimate of drug-likeness (QED) is 0.638. The SMILES string of the molecule is N#Cc1ccc(CN2CCN(C(=O)c3cc4ccccc4nc3N3CCCC3)CC2)cc1. The summed E-state index contributed by atoms with van der Waals surface area (Å²) in [6, 6.07) is 20.0. The van der Waals surface area contributed by atoms with Crippen LogP contribution in [0.5, 0.6) is 0 Å². The minimum absolute atomic E-state index is 0.0863. The summed E-state index contributed by atoms with van der Waals surface area (Å²) in [5, 5.41) is 9.98. The number of rotatable bonds is 4. The van der Waals surface area contributed by atoms with Crippen LogP contribution in [0.2, 0.25) is 0 Å². The second kappa shape index (κ2) is 8.97. The van der Waals surface area contributed by atoms with Crippen LogP contribution in [0.4, 0.5) is 5.82 Å². The van der Waals surface area contributed by atoms with Crippen molar-refractivity contribution in [1.82, 2.24) is 14.8 Å². The van der Waals surface area contributed by atoms with Crippen molar-refractivity contribution in [2.24, 2.45) is 0 Å². The molecule has 0 unspecified atom stereocenters. The molecule has 2 aliphatic heterocycles. The fraction of sp³-hybridized carbons (Fsp3) is 0.346. The fourth-order valence-corrected chi connectivity index (χ4v) is 4.66. The molecule has 0 saturated carbocycles. The Bertz CT molecular complexity index is 1150. The summed E-state index contributed by atoms with van der Waals surface area (Å²) < 4.78 is 0. The number of benzene rings is 2. The van der Waals surface area contributed by atoms with Crippen LogP contribution in [0.25, 0.3) is 10.9 Å². The van der Waals surface area contributed by atoms with Gasteiger partial charge in [-0.2, -0.15) is 5.26 Å². The Labute approximate surface area is 188 Å². The van der Waals surface area contributed by atoms with Gasteiger partial charge in [0.1, 0.15) is 5.82 Å².